The van der Waals surface area contributed by atoms with Crippen LogP contribution in [0.4, 0.5) is 5.95 Å². The van der Waals surface area contributed by atoms with Crippen molar-refractivity contribution in [3.63, 3.8) is 0 Å². The molecule has 0 N–H and O–H groups in total. The average Bonchev–Trinajstić information content (AvgIpc) is 3.09. The minimum Gasteiger partial charge on any atom is -0.344 e. The topological polar surface area (TPSA) is 89.4 Å². The zero-order valence-corrected chi connectivity index (χ0v) is 15.1. The predicted molar refractivity (Wildman–Crippen MR) is 92.8 cm³/mol. The number of nitrogens with zero attached hydrogens (tertiary/aromatic N) is 6. The van der Waals surface area contributed by atoms with Crippen LogP contribution < -0.4 is 16.1 Å². The van der Waals surface area contributed by atoms with Crippen molar-refractivity contribution >= 4 is 5.95 Å². The Kier molecular flexibility index (Phi) is 4.76. The van der Waals surface area contributed by atoms with E-state index in [0.717, 1.165) is 30.5 Å². The SMILES string of the molecule is CN(C)c1noc(C2CCN(Cc3cn(C)c(=O)n(C)c3=O)CC2)n1. The van der Waals surface area contributed by atoms with Gasteiger partial charge in [0.15, 0.2) is 0 Å². The van der Waals surface area contributed by atoms with Crippen LogP contribution in [0, 0.1) is 0 Å². The summed E-state index contributed by atoms with van der Waals surface area (Å²) in [5.74, 6) is 1.52. The molecule has 0 atom stereocenters. The summed E-state index contributed by atoms with van der Waals surface area (Å²) >= 11 is 0. The molecule has 0 spiro atoms. The number of rotatable bonds is 4. The van der Waals surface area contributed by atoms with Gasteiger partial charge in [0.2, 0.25) is 5.89 Å². The zero-order chi connectivity index (χ0) is 18.1. The number of aromatic nitrogens is 4. The second-order valence-corrected chi connectivity index (χ2v) is 6.79. The third-order valence-corrected chi connectivity index (χ3v) is 4.68. The highest BCUT2D eigenvalue weighted by Gasteiger charge is 2.26. The van der Waals surface area contributed by atoms with Gasteiger partial charge in [-0.2, -0.15) is 4.98 Å². The third kappa shape index (κ3) is 3.51. The Morgan fingerprint density at radius 1 is 1.24 bits per heavy atom. The molecule has 9 nitrogen and oxygen atoms in total. The van der Waals surface area contributed by atoms with Gasteiger partial charge in [0.25, 0.3) is 11.5 Å². The van der Waals surface area contributed by atoms with E-state index in [4.69, 9.17) is 4.52 Å². The van der Waals surface area contributed by atoms with E-state index < -0.39 is 0 Å². The lowest BCUT2D eigenvalue weighted by molar-refractivity contribution is 0.186. The Balaban J connectivity index is 1.65. The van der Waals surface area contributed by atoms with Gasteiger partial charge < -0.3 is 14.0 Å². The van der Waals surface area contributed by atoms with Gasteiger partial charge in [-0.05, 0) is 31.1 Å². The first-order valence-corrected chi connectivity index (χ1v) is 8.35. The largest absolute Gasteiger partial charge is 0.344 e. The Morgan fingerprint density at radius 2 is 1.92 bits per heavy atom. The van der Waals surface area contributed by atoms with Crippen molar-refractivity contribution in [2.24, 2.45) is 14.1 Å². The van der Waals surface area contributed by atoms with E-state index in [0.29, 0.717) is 23.9 Å². The fourth-order valence-electron chi connectivity index (χ4n) is 3.14. The van der Waals surface area contributed by atoms with Gasteiger partial charge >= 0.3 is 5.69 Å². The van der Waals surface area contributed by atoms with Gasteiger partial charge in [0.05, 0.1) is 0 Å². The minimum atomic E-state index is -0.305. The van der Waals surface area contributed by atoms with Crippen molar-refractivity contribution in [3.05, 3.63) is 38.5 Å². The molecule has 136 valence electrons. The van der Waals surface area contributed by atoms with Gasteiger partial charge in [-0.1, -0.05) is 0 Å². The smallest absolute Gasteiger partial charge is 0.330 e. The summed E-state index contributed by atoms with van der Waals surface area (Å²) in [4.78, 5) is 32.5. The second kappa shape index (κ2) is 6.83. The Morgan fingerprint density at radius 3 is 2.52 bits per heavy atom. The first-order chi connectivity index (χ1) is 11.9. The molecule has 3 rings (SSSR count). The highest BCUT2D eigenvalue weighted by Crippen LogP contribution is 2.28. The summed E-state index contributed by atoms with van der Waals surface area (Å²) in [6, 6.07) is 0. The molecule has 0 bridgehead atoms. The van der Waals surface area contributed by atoms with Crippen LogP contribution >= 0.6 is 0 Å². The average molecular weight is 348 g/mol. The van der Waals surface area contributed by atoms with Crippen molar-refractivity contribution in [2.75, 3.05) is 32.1 Å². The molecule has 25 heavy (non-hydrogen) atoms. The minimum absolute atomic E-state index is 0.224. The van der Waals surface area contributed by atoms with Crippen LogP contribution in [0.5, 0.6) is 0 Å². The maximum Gasteiger partial charge on any atom is 0.330 e. The van der Waals surface area contributed by atoms with Gasteiger partial charge in [0, 0.05) is 52.4 Å². The molecule has 9 heteroatoms. The molecule has 0 amide bonds. The molecule has 0 aromatic carbocycles. The molecule has 1 aliphatic rings. The highest BCUT2D eigenvalue weighted by molar-refractivity contribution is 5.24. The number of aryl methyl sites for hydroxylation is 1. The standard InChI is InChI=1S/C16H24N6O3/c1-19(2)15-17-13(25-18-15)11-5-7-22(8-6-11)10-12-9-20(3)16(24)21(4)14(12)23/h9,11H,5-8,10H2,1-4H3. The van der Waals surface area contributed by atoms with E-state index in [-0.39, 0.29) is 17.2 Å². The fourth-order valence-corrected chi connectivity index (χ4v) is 3.14. The molecule has 1 fully saturated rings. The first kappa shape index (κ1) is 17.4. The number of hydrogen-bond donors (Lipinski definition) is 0. The molecule has 0 saturated carbocycles. The van der Waals surface area contributed by atoms with Crippen molar-refractivity contribution in [1.29, 1.82) is 0 Å². The quantitative estimate of drug-likeness (QED) is 0.763. The van der Waals surface area contributed by atoms with Crippen LogP contribution in [0.1, 0.15) is 30.2 Å². The second-order valence-electron chi connectivity index (χ2n) is 6.79. The molecule has 2 aromatic heterocycles. The van der Waals surface area contributed by atoms with Gasteiger partial charge in [-0.3, -0.25) is 14.3 Å². The van der Waals surface area contributed by atoms with Crippen LogP contribution in [0.25, 0.3) is 0 Å². The summed E-state index contributed by atoms with van der Waals surface area (Å²) < 4.78 is 7.98. The number of likely N-dealkylation sites (tertiary alicyclic amines) is 1. The lowest BCUT2D eigenvalue weighted by Crippen LogP contribution is -2.41. The summed E-state index contributed by atoms with van der Waals surface area (Å²) in [5.41, 5.74) is 0.106. The molecular formula is C16H24N6O3. The number of anilines is 1. The summed E-state index contributed by atoms with van der Waals surface area (Å²) in [6.45, 7) is 2.23. The monoisotopic (exact) mass is 348 g/mol. The Labute approximate surface area is 145 Å². The van der Waals surface area contributed by atoms with Crippen molar-refractivity contribution in [3.8, 4) is 0 Å². The molecule has 2 aromatic rings. The molecule has 1 saturated heterocycles. The van der Waals surface area contributed by atoms with Crippen molar-refractivity contribution < 1.29 is 4.52 Å². The summed E-state index contributed by atoms with van der Waals surface area (Å²) in [7, 11) is 6.93. The number of piperidine rings is 1. The molecule has 1 aliphatic heterocycles. The Bertz CT molecular complexity index is 857. The molecular weight excluding hydrogens is 324 g/mol. The van der Waals surface area contributed by atoms with E-state index in [1.165, 1.54) is 11.6 Å². The molecule has 3 heterocycles. The van der Waals surface area contributed by atoms with E-state index >= 15 is 0 Å². The van der Waals surface area contributed by atoms with Gasteiger partial charge in [-0.15, -0.1) is 0 Å². The molecule has 0 unspecified atom stereocenters. The maximum atomic E-state index is 12.3. The highest BCUT2D eigenvalue weighted by atomic mass is 16.5. The lowest BCUT2D eigenvalue weighted by Gasteiger charge is -2.30. The van der Waals surface area contributed by atoms with Crippen molar-refractivity contribution in [1.82, 2.24) is 24.2 Å². The number of hydrogen-bond acceptors (Lipinski definition) is 7. The van der Waals surface area contributed by atoms with Crippen LogP contribution in [-0.2, 0) is 20.6 Å². The Hall–Kier alpha value is -2.42. The first-order valence-electron chi connectivity index (χ1n) is 8.35. The van der Waals surface area contributed by atoms with E-state index in [9.17, 15) is 9.59 Å². The van der Waals surface area contributed by atoms with E-state index in [2.05, 4.69) is 15.0 Å². The zero-order valence-electron chi connectivity index (χ0n) is 15.1. The van der Waals surface area contributed by atoms with E-state index in [1.54, 1.807) is 13.2 Å². The molecule has 0 aliphatic carbocycles. The van der Waals surface area contributed by atoms with Crippen LogP contribution in [-0.4, -0.2) is 51.4 Å². The third-order valence-electron chi connectivity index (χ3n) is 4.68. The van der Waals surface area contributed by atoms with Crippen LogP contribution in [0.3, 0.4) is 0 Å². The summed E-state index contributed by atoms with van der Waals surface area (Å²) in [5, 5.41) is 3.97. The maximum absolute atomic E-state index is 12.3. The van der Waals surface area contributed by atoms with Gasteiger partial charge in [0.1, 0.15) is 0 Å². The van der Waals surface area contributed by atoms with Gasteiger partial charge in [-0.25, -0.2) is 4.79 Å². The van der Waals surface area contributed by atoms with Crippen molar-refractivity contribution in [2.45, 2.75) is 25.3 Å². The summed E-state index contributed by atoms with van der Waals surface area (Å²) in [6.07, 6.45) is 3.44. The predicted octanol–water partition coefficient (Wildman–Crippen LogP) is -0.0874. The van der Waals surface area contributed by atoms with Crippen LogP contribution in [0.15, 0.2) is 20.3 Å². The van der Waals surface area contributed by atoms with E-state index in [1.807, 2.05) is 19.0 Å². The molecule has 0 radical (unpaired) electrons. The van der Waals surface area contributed by atoms with Crippen LogP contribution in [0.2, 0.25) is 0 Å². The lowest BCUT2D eigenvalue weighted by atomic mass is 9.96. The normalized spacial score (nSPS) is 16.3. The fraction of sp³-hybridized carbons (Fsp3) is 0.625.